The number of aromatic nitrogens is 2. The van der Waals surface area contributed by atoms with Gasteiger partial charge in [-0.2, -0.15) is 0 Å². The molecule has 0 N–H and O–H groups in total. The molecule has 0 aromatic carbocycles. The van der Waals surface area contributed by atoms with Crippen LogP contribution in [0.25, 0.3) is 0 Å². The molecule has 2 aliphatic rings. The van der Waals surface area contributed by atoms with Crippen molar-refractivity contribution < 1.29 is 14.5 Å². The van der Waals surface area contributed by atoms with Crippen molar-refractivity contribution in [3.05, 3.63) is 51.8 Å². The number of likely N-dealkylation sites (tertiary alicyclic amines) is 1. The number of pyridine rings is 2. The van der Waals surface area contributed by atoms with Gasteiger partial charge in [-0.15, -0.1) is 0 Å². The number of nitro groups is 1. The van der Waals surface area contributed by atoms with Crippen molar-refractivity contribution in [2.24, 2.45) is 0 Å². The topological polar surface area (TPSA) is 102 Å². The lowest BCUT2D eigenvalue weighted by molar-refractivity contribution is -0.385. The molecule has 2 aliphatic heterocycles. The van der Waals surface area contributed by atoms with Gasteiger partial charge in [0.25, 0.3) is 11.6 Å². The largest absolute Gasteiger partial charge is 0.474 e. The summed E-state index contributed by atoms with van der Waals surface area (Å²) < 4.78 is 5.98. The third-order valence-electron chi connectivity index (χ3n) is 5.66. The van der Waals surface area contributed by atoms with Crippen LogP contribution in [-0.2, 0) is 0 Å². The van der Waals surface area contributed by atoms with Gasteiger partial charge in [0.05, 0.1) is 10.5 Å². The molecule has 1 amide bonds. The van der Waals surface area contributed by atoms with E-state index in [1.165, 1.54) is 12.3 Å². The Hall–Kier alpha value is -3.23. The smallest absolute Gasteiger partial charge is 0.288 e. The van der Waals surface area contributed by atoms with Crippen molar-refractivity contribution in [2.45, 2.75) is 38.7 Å². The highest BCUT2D eigenvalue weighted by Gasteiger charge is 2.24. The summed E-state index contributed by atoms with van der Waals surface area (Å²) in [4.78, 5) is 35.5. The van der Waals surface area contributed by atoms with Gasteiger partial charge in [-0.3, -0.25) is 14.9 Å². The number of hydrogen-bond acceptors (Lipinski definition) is 7. The van der Waals surface area contributed by atoms with Crippen LogP contribution < -0.4 is 9.64 Å². The lowest BCUT2D eigenvalue weighted by atomic mass is 10.1. The van der Waals surface area contributed by atoms with Gasteiger partial charge in [0.1, 0.15) is 18.1 Å². The van der Waals surface area contributed by atoms with Crippen molar-refractivity contribution in [1.82, 2.24) is 14.9 Å². The molecule has 0 atom stereocenters. The second-order valence-electron chi connectivity index (χ2n) is 7.78. The highest BCUT2D eigenvalue weighted by atomic mass is 16.6. The molecule has 2 aromatic heterocycles. The van der Waals surface area contributed by atoms with Crippen LogP contribution in [0.4, 0.5) is 11.5 Å². The Labute approximate surface area is 174 Å². The number of carbonyl (C=O) groups is 1. The number of amides is 1. The Bertz CT molecular complexity index is 919. The zero-order valence-corrected chi connectivity index (χ0v) is 17.0. The summed E-state index contributed by atoms with van der Waals surface area (Å²) >= 11 is 0. The van der Waals surface area contributed by atoms with Crippen LogP contribution in [0.15, 0.2) is 30.6 Å². The summed E-state index contributed by atoms with van der Waals surface area (Å²) in [5.41, 5.74) is 1.26. The Morgan fingerprint density at radius 2 is 1.87 bits per heavy atom. The van der Waals surface area contributed by atoms with Crippen molar-refractivity contribution in [3.8, 4) is 5.88 Å². The molecule has 0 radical (unpaired) electrons. The summed E-state index contributed by atoms with van der Waals surface area (Å²) in [6.45, 7) is 4.99. The Morgan fingerprint density at radius 1 is 1.13 bits per heavy atom. The van der Waals surface area contributed by atoms with Crippen molar-refractivity contribution >= 4 is 17.4 Å². The molecule has 158 valence electrons. The number of rotatable bonds is 5. The van der Waals surface area contributed by atoms with E-state index in [2.05, 4.69) is 14.9 Å². The first-order valence-corrected chi connectivity index (χ1v) is 10.3. The quantitative estimate of drug-likeness (QED) is 0.550. The zero-order chi connectivity index (χ0) is 21.1. The maximum absolute atomic E-state index is 12.4. The van der Waals surface area contributed by atoms with E-state index in [1.807, 2.05) is 17.0 Å². The Balaban J connectivity index is 1.32. The van der Waals surface area contributed by atoms with Crippen LogP contribution in [-0.4, -0.2) is 58.0 Å². The highest BCUT2D eigenvalue weighted by molar-refractivity contribution is 5.94. The van der Waals surface area contributed by atoms with Crippen LogP contribution in [0.5, 0.6) is 5.88 Å². The minimum atomic E-state index is -0.459. The third kappa shape index (κ3) is 4.34. The number of hydrogen-bond donors (Lipinski definition) is 0. The molecule has 30 heavy (non-hydrogen) atoms. The maximum atomic E-state index is 12.4. The van der Waals surface area contributed by atoms with Gasteiger partial charge < -0.3 is 14.5 Å². The fourth-order valence-electron chi connectivity index (χ4n) is 3.93. The van der Waals surface area contributed by atoms with E-state index in [9.17, 15) is 14.9 Å². The average molecular weight is 411 g/mol. The summed E-state index contributed by atoms with van der Waals surface area (Å²) in [5.74, 6) is 1.36. The zero-order valence-electron chi connectivity index (χ0n) is 17.0. The van der Waals surface area contributed by atoms with Crippen molar-refractivity contribution in [2.75, 3.05) is 31.1 Å². The number of ether oxygens (including phenoxy) is 1. The Morgan fingerprint density at radius 3 is 2.47 bits per heavy atom. The molecule has 9 heteroatoms. The van der Waals surface area contributed by atoms with Crippen LogP contribution in [0.2, 0.25) is 0 Å². The molecule has 4 rings (SSSR count). The molecule has 2 aromatic rings. The molecule has 2 saturated heterocycles. The van der Waals surface area contributed by atoms with E-state index in [4.69, 9.17) is 4.74 Å². The van der Waals surface area contributed by atoms with E-state index in [0.29, 0.717) is 17.0 Å². The highest BCUT2D eigenvalue weighted by Crippen LogP contribution is 2.25. The number of nitrogens with zero attached hydrogens (tertiary/aromatic N) is 5. The van der Waals surface area contributed by atoms with Crippen LogP contribution in [0.1, 0.15) is 41.6 Å². The molecular formula is C21H25N5O4. The standard InChI is InChI=1S/C21H25N5O4/c1-15-12-17(26(28)29)14-23-20(15)30-18-6-10-24(11-7-18)19-5-4-16(13-22-19)21(27)25-8-2-3-9-25/h4-5,12-14,18H,2-3,6-11H2,1H3. The lowest BCUT2D eigenvalue weighted by Gasteiger charge is -2.33. The van der Waals surface area contributed by atoms with Gasteiger partial charge in [-0.25, -0.2) is 9.97 Å². The monoisotopic (exact) mass is 411 g/mol. The minimum absolute atomic E-state index is 0.00456. The molecular weight excluding hydrogens is 386 g/mol. The van der Waals surface area contributed by atoms with Gasteiger partial charge in [-0.05, 0) is 31.9 Å². The van der Waals surface area contributed by atoms with Gasteiger partial charge >= 0.3 is 0 Å². The lowest BCUT2D eigenvalue weighted by Crippen LogP contribution is -2.39. The van der Waals surface area contributed by atoms with Crippen LogP contribution in [0.3, 0.4) is 0 Å². The van der Waals surface area contributed by atoms with Crippen LogP contribution in [0, 0.1) is 17.0 Å². The first-order valence-electron chi connectivity index (χ1n) is 10.3. The SMILES string of the molecule is Cc1cc([N+](=O)[O-])cnc1OC1CCN(c2ccc(C(=O)N3CCCC3)cn2)CC1. The number of anilines is 1. The summed E-state index contributed by atoms with van der Waals surface area (Å²) in [7, 11) is 0. The predicted octanol–water partition coefficient (Wildman–Crippen LogP) is 2.98. The molecule has 0 aliphatic carbocycles. The summed E-state index contributed by atoms with van der Waals surface area (Å²) in [6, 6.07) is 5.24. The molecule has 9 nitrogen and oxygen atoms in total. The number of carbonyl (C=O) groups excluding carboxylic acids is 1. The van der Waals surface area contributed by atoms with Crippen molar-refractivity contribution in [3.63, 3.8) is 0 Å². The average Bonchev–Trinajstić information content (AvgIpc) is 3.30. The molecule has 0 spiro atoms. The second kappa shape index (κ2) is 8.64. The third-order valence-corrected chi connectivity index (χ3v) is 5.66. The number of aryl methyl sites for hydroxylation is 1. The molecule has 0 bridgehead atoms. The van der Waals surface area contributed by atoms with E-state index in [1.54, 1.807) is 13.1 Å². The van der Waals surface area contributed by atoms with E-state index < -0.39 is 4.92 Å². The summed E-state index contributed by atoms with van der Waals surface area (Å²) in [6.07, 6.45) is 6.65. The molecule has 4 heterocycles. The molecule has 0 saturated carbocycles. The fourth-order valence-corrected chi connectivity index (χ4v) is 3.93. The normalized spacial score (nSPS) is 17.2. The van der Waals surface area contributed by atoms with Crippen molar-refractivity contribution in [1.29, 1.82) is 0 Å². The molecule has 0 unspecified atom stereocenters. The second-order valence-corrected chi connectivity index (χ2v) is 7.78. The first-order chi connectivity index (χ1) is 14.5. The molecule has 2 fully saturated rings. The summed E-state index contributed by atoms with van der Waals surface area (Å²) in [5, 5.41) is 10.8. The number of piperidine rings is 1. The fraction of sp³-hybridized carbons (Fsp3) is 0.476. The van der Waals surface area contributed by atoms with Crippen LogP contribution >= 0.6 is 0 Å². The van der Waals surface area contributed by atoms with Gasteiger partial charge in [0, 0.05) is 56.8 Å². The van der Waals surface area contributed by atoms with E-state index in [-0.39, 0.29) is 17.7 Å². The van der Waals surface area contributed by atoms with Gasteiger partial charge in [0.15, 0.2) is 0 Å². The van der Waals surface area contributed by atoms with E-state index >= 15 is 0 Å². The van der Waals surface area contributed by atoms with Gasteiger partial charge in [-0.1, -0.05) is 0 Å². The predicted molar refractivity (Wildman–Crippen MR) is 111 cm³/mol. The van der Waals surface area contributed by atoms with E-state index in [0.717, 1.165) is 57.7 Å². The van der Waals surface area contributed by atoms with Gasteiger partial charge in [0.2, 0.25) is 5.88 Å². The maximum Gasteiger partial charge on any atom is 0.288 e. The first kappa shape index (κ1) is 20.1. The minimum Gasteiger partial charge on any atom is -0.474 e. The Kier molecular flexibility index (Phi) is 5.78.